The Kier molecular flexibility index (Phi) is 6.58. The summed E-state index contributed by atoms with van der Waals surface area (Å²) in [7, 11) is 3.10. The van der Waals surface area contributed by atoms with Crippen LogP contribution in [0.1, 0.15) is 18.5 Å². The molecule has 0 aliphatic rings. The zero-order valence-electron chi connectivity index (χ0n) is 16.2. The van der Waals surface area contributed by atoms with Gasteiger partial charge in [-0.3, -0.25) is 4.79 Å². The van der Waals surface area contributed by atoms with Crippen molar-refractivity contribution in [3.8, 4) is 11.5 Å². The van der Waals surface area contributed by atoms with Gasteiger partial charge in [-0.25, -0.2) is 4.98 Å². The average Bonchev–Trinajstić information content (AvgIpc) is 3.03. The topological polar surface area (TPSA) is 65.4 Å². The molecule has 0 bridgehead atoms. The van der Waals surface area contributed by atoms with Crippen molar-refractivity contribution in [2.45, 2.75) is 30.4 Å². The minimum atomic E-state index is -2.63. The molecule has 1 unspecified atom stereocenters. The lowest BCUT2D eigenvalue weighted by atomic mass is 10.1. The van der Waals surface area contributed by atoms with Crippen LogP contribution < -0.4 is 14.8 Å². The Morgan fingerprint density at radius 3 is 2.66 bits per heavy atom. The molecular formula is C20H21F2N3O3S. The van der Waals surface area contributed by atoms with E-state index in [0.29, 0.717) is 34.3 Å². The third-order valence-corrected chi connectivity index (χ3v) is 5.10. The van der Waals surface area contributed by atoms with Crippen molar-refractivity contribution < 1.29 is 23.0 Å². The first-order chi connectivity index (χ1) is 13.9. The molecule has 0 spiro atoms. The third kappa shape index (κ3) is 4.79. The van der Waals surface area contributed by atoms with Crippen molar-refractivity contribution >= 4 is 28.7 Å². The van der Waals surface area contributed by atoms with Crippen LogP contribution in [0.5, 0.6) is 11.5 Å². The van der Waals surface area contributed by atoms with Crippen LogP contribution >= 0.6 is 11.8 Å². The van der Waals surface area contributed by atoms with Crippen molar-refractivity contribution in [2.75, 3.05) is 14.2 Å². The number of para-hydroxylation sites is 2. The number of thioether (sulfide) groups is 1. The van der Waals surface area contributed by atoms with Crippen LogP contribution in [0.3, 0.4) is 0 Å². The Balaban J connectivity index is 1.82. The molecule has 1 heterocycles. The van der Waals surface area contributed by atoms with Gasteiger partial charge >= 0.3 is 0 Å². The molecule has 0 saturated heterocycles. The summed E-state index contributed by atoms with van der Waals surface area (Å²) < 4.78 is 38.0. The highest BCUT2D eigenvalue weighted by molar-refractivity contribution is 7.99. The molecule has 6 nitrogen and oxygen atoms in total. The van der Waals surface area contributed by atoms with Gasteiger partial charge in [0, 0.05) is 5.56 Å². The third-order valence-electron chi connectivity index (χ3n) is 4.40. The molecule has 1 aromatic heterocycles. The van der Waals surface area contributed by atoms with Gasteiger partial charge in [-0.2, -0.15) is 8.78 Å². The second-order valence-electron chi connectivity index (χ2n) is 6.24. The summed E-state index contributed by atoms with van der Waals surface area (Å²) in [6.45, 7) is 1.68. The fourth-order valence-corrected chi connectivity index (χ4v) is 3.66. The number of alkyl halides is 2. The van der Waals surface area contributed by atoms with E-state index >= 15 is 0 Å². The minimum absolute atomic E-state index is 0.1000. The molecule has 1 atom stereocenters. The van der Waals surface area contributed by atoms with Gasteiger partial charge in [-0.05, 0) is 49.0 Å². The quantitative estimate of drug-likeness (QED) is 0.551. The highest BCUT2D eigenvalue weighted by Gasteiger charge is 2.20. The summed E-state index contributed by atoms with van der Waals surface area (Å²) in [5.74, 6) is -1.71. The van der Waals surface area contributed by atoms with E-state index in [9.17, 15) is 13.6 Å². The lowest BCUT2D eigenvalue weighted by molar-refractivity contribution is -0.122. The van der Waals surface area contributed by atoms with Gasteiger partial charge in [0.1, 0.15) is 18.0 Å². The number of aromatic nitrogens is 2. The second-order valence-corrected chi connectivity index (χ2v) is 7.20. The normalized spacial score (nSPS) is 12.2. The maximum atomic E-state index is 12.9. The summed E-state index contributed by atoms with van der Waals surface area (Å²) in [5, 5.41) is 2.99. The largest absolute Gasteiger partial charge is 0.497 e. The SMILES string of the molecule is COc1ccc(OC)c(C(C)NC(=O)Cn2c(SC(F)F)nc3ccccc32)c1. The average molecular weight is 421 g/mol. The summed E-state index contributed by atoms with van der Waals surface area (Å²) in [5.41, 5.74) is 1.93. The Hall–Kier alpha value is -2.81. The van der Waals surface area contributed by atoms with Crippen molar-refractivity contribution in [3.05, 3.63) is 48.0 Å². The van der Waals surface area contributed by atoms with Gasteiger partial charge in [0.25, 0.3) is 5.76 Å². The smallest absolute Gasteiger partial charge is 0.291 e. The number of rotatable bonds is 8. The first-order valence-corrected chi connectivity index (χ1v) is 9.72. The standard InChI is InChI=1S/C20H21F2N3O3S/c1-12(14-10-13(27-2)8-9-17(14)28-3)23-18(26)11-25-16-7-5-4-6-15(16)24-20(25)29-19(21)22/h4-10,12,19H,11H2,1-3H3,(H,23,26). The van der Waals surface area contributed by atoms with Crippen molar-refractivity contribution in [3.63, 3.8) is 0 Å². The van der Waals surface area contributed by atoms with E-state index in [4.69, 9.17) is 9.47 Å². The number of hydrogen-bond acceptors (Lipinski definition) is 5. The van der Waals surface area contributed by atoms with Gasteiger partial charge in [0.15, 0.2) is 5.16 Å². The van der Waals surface area contributed by atoms with Gasteiger partial charge < -0.3 is 19.4 Å². The molecule has 0 radical (unpaired) electrons. The minimum Gasteiger partial charge on any atom is -0.497 e. The fourth-order valence-electron chi connectivity index (χ4n) is 3.06. The molecule has 3 rings (SSSR count). The van der Waals surface area contributed by atoms with Crippen molar-refractivity contribution in [1.82, 2.24) is 14.9 Å². The summed E-state index contributed by atoms with van der Waals surface area (Å²) >= 11 is 0.321. The lowest BCUT2D eigenvalue weighted by Gasteiger charge is -2.19. The number of carbonyl (C=O) groups excluding carboxylic acids is 1. The summed E-state index contributed by atoms with van der Waals surface area (Å²) in [6.07, 6.45) is 0. The van der Waals surface area contributed by atoms with Crippen LogP contribution in [0.4, 0.5) is 8.78 Å². The maximum Gasteiger partial charge on any atom is 0.291 e. The van der Waals surface area contributed by atoms with Crippen LogP contribution in [0.15, 0.2) is 47.6 Å². The van der Waals surface area contributed by atoms with Crippen LogP contribution in [-0.2, 0) is 11.3 Å². The zero-order valence-corrected chi connectivity index (χ0v) is 17.0. The molecule has 2 aromatic carbocycles. The molecule has 29 heavy (non-hydrogen) atoms. The zero-order chi connectivity index (χ0) is 21.0. The first-order valence-electron chi connectivity index (χ1n) is 8.84. The van der Waals surface area contributed by atoms with E-state index in [1.807, 2.05) is 6.92 Å². The highest BCUT2D eigenvalue weighted by atomic mass is 32.2. The highest BCUT2D eigenvalue weighted by Crippen LogP contribution is 2.30. The number of halogens is 2. The van der Waals surface area contributed by atoms with Crippen molar-refractivity contribution in [2.24, 2.45) is 0 Å². The van der Waals surface area contributed by atoms with E-state index in [1.54, 1.807) is 56.7 Å². The molecule has 0 fully saturated rings. The lowest BCUT2D eigenvalue weighted by Crippen LogP contribution is -2.30. The fraction of sp³-hybridized carbons (Fsp3) is 0.300. The molecule has 0 saturated carbocycles. The molecule has 0 aliphatic heterocycles. The van der Waals surface area contributed by atoms with Gasteiger partial charge in [0.05, 0.1) is 31.3 Å². The number of nitrogens with zero attached hydrogens (tertiary/aromatic N) is 2. The Morgan fingerprint density at radius 2 is 1.97 bits per heavy atom. The predicted octanol–water partition coefficient (Wildman–Crippen LogP) is 4.25. The number of nitrogens with one attached hydrogen (secondary N) is 1. The van der Waals surface area contributed by atoms with Crippen molar-refractivity contribution in [1.29, 1.82) is 0 Å². The first kappa shape index (κ1) is 20.9. The second kappa shape index (κ2) is 9.13. The van der Waals surface area contributed by atoms with Crippen LogP contribution in [0.25, 0.3) is 11.0 Å². The Bertz CT molecular complexity index is 1010. The number of benzene rings is 2. The van der Waals surface area contributed by atoms with Crippen LogP contribution in [0.2, 0.25) is 0 Å². The molecule has 1 N–H and O–H groups in total. The van der Waals surface area contributed by atoms with Crippen LogP contribution in [0, 0.1) is 0 Å². The predicted molar refractivity (Wildman–Crippen MR) is 108 cm³/mol. The maximum absolute atomic E-state index is 12.9. The van der Waals surface area contributed by atoms with E-state index in [0.717, 1.165) is 5.56 Å². The number of carbonyl (C=O) groups is 1. The monoisotopic (exact) mass is 421 g/mol. The molecule has 9 heteroatoms. The Morgan fingerprint density at radius 1 is 1.21 bits per heavy atom. The molecule has 1 amide bonds. The van der Waals surface area contributed by atoms with Gasteiger partial charge in [-0.15, -0.1) is 0 Å². The van der Waals surface area contributed by atoms with E-state index < -0.39 is 5.76 Å². The number of amides is 1. The Labute approximate surface area is 171 Å². The number of fused-ring (bicyclic) bond motifs is 1. The van der Waals surface area contributed by atoms with E-state index in [-0.39, 0.29) is 23.7 Å². The number of ether oxygens (including phenoxy) is 2. The summed E-state index contributed by atoms with van der Waals surface area (Å²) in [6, 6.07) is 12.0. The number of hydrogen-bond donors (Lipinski definition) is 1. The molecular weight excluding hydrogens is 400 g/mol. The molecule has 154 valence electrons. The van der Waals surface area contributed by atoms with E-state index in [2.05, 4.69) is 10.3 Å². The van der Waals surface area contributed by atoms with E-state index in [1.165, 1.54) is 4.57 Å². The van der Waals surface area contributed by atoms with Crippen LogP contribution in [-0.4, -0.2) is 35.4 Å². The molecule has 0 aliphatic carbocycles. The molecule has 3 aromatic rings. The van der Waals surface area contributed by atoms with Gasteiger partial charge in [-0.1, -0.05) is 12.1 Å². The number of methoxy groups -OCH3 is 2. The summed E-state index contributed by atoms with van der Waals surface area (Å²) in [4.78, 5) is 16.9. The van der Waals surface area contributed by atoms with Gasteiger partial charge in [0.2, 0.25) is 5.91 Å². The number of imidazole rings is 1.